The summed E-state index contributed by atoms with van der Waals surface area (Å²) in [6.45, 7) is 1.99. The minimum Gasteiger partial charge on any atom is -0.117 e. The smallest absolute Gasteiger partial charge is 0.0628 e. The van der Waals surface area contributed by atoms with Gasteiger partial charge in [0.1, 0.15) is 0 Å². The molecule has 0 amide bonds. The molecule has 0 aliphatic rings. The predicted octanol–water partition coefficient (Wildman–Crippen LogP) is 5.82. The quantitative estimate of drug-likeness (QED) is 0.626. The number of halogens is 3. The second kappa shape index (κ2) is 5.97. The van der Waals surface area contributed by atoms with Crippen LogP contribution in [-0.4, -0.2) is 0 Å². The average Bonchev–Trinajstić information content (AvgIpc) is 2.35. The van der Waals surface area contributed by atoms with Gasteiger partial charge in [-0.15, -0.1) is 11.6 Å². The van der Waals surface area contributed by atoms with Crippen LogP contribution in [0.2, 0.25) is 10.0 Å². The Bertz CT molecular complexity index is 532. The molecule has 0 aliphatic carbocycles. The van der Waals surface area contributed by atoms with Crippen LogP contribution in [0.4, 0.5) is 0 Å². The maximum absolute atomic E-state index is 6.47. The first kappa shape index (κ1) is 13.7. The van der Waals surface area contributed by atoms with Crippen molar-refractivity contribution >= 4 is 34.8 Å². The summed E-state index contributed by atoms with van der Waals surface area (Å²) in [5.74, 6) is 0. The maximum atomic E-state index is 6.47. The summed E-state index contributed by atoms with van der Waals surface area (Å²) in [6, 6.07) is 13.6. The van der Waals surface area contributed by atoms with Crippen molar-refractivity contribution in [3.05, 3.63) is 69.2 Å². The van der Waals surface area contributed by atoms with E-state index in [1.807, 2.05) is 49.4 Å². The summed E-state index contributed by atoms with van der Waals surface area (Å²) in [5, 5.41) is 1.42. The molecule has 2 aromatic carbocycles. The molecular formula is C15H13Cl3. The predicted molar refractivity (Wildman–Crippen MR) is 79.9 cm³/mol. The molecule has 1 atom stereocenters. The highest BCUT2D eigenvalue weighted by atomic mass is 35.5. The fraction of sp³-hybridized carbons (Fsp3) is 0.200. The molecule has 0 N–H and O–H groups in total. The minimum absolute atomic E-state index is 0.0788. The summed E-state index contributed by atoms with van der Waals surface area (Å²) in [5.41, 5.74) is 3.30. The molecule has 0 nitrogen and oxygen atoms in total. The van der Waals surface area contributed by atoms with Gasteiger partial charge in [0.05, 0.1) is 5.38 Å². The van der Waals surface area contributed by atoms with Crippen LogP contribution in [-0.2, 0) is 6.42 Å². The summed E-state index contributed by atoms with van der Waals surface area (Å²) in [6.07, 6.45) is 0.764. The molecule has 0 aromatic heterocycles. The Kier molecular flexibility index (Phi) is 4.55. The van der Waals surface area contributed by atoms with E-state index < -0.39 is 0 Å². The first-order valence-corrected chi connectivity index (χ1v) is 6.90. The molecule has 0 fully saturated rings. The monoisotopic (exact) mass is 298 g/mol. The number of alkyl halides is 1. The molecule has 0 heterocycles. The zero-order valence-corrected chi connectivity index (χ0v) is 12.2. The lowest BCUT2D eigenvalue weighted by atomic mass is 10.00. The summed E-state index contributed by atoms with van der Waals surface area (Å²) < 4.78 is 0. The molecule has 2 rings (SSSR count). The Hall–Kier alpha value is -0.690. The van der Waals surface area contributed by atoms with Crippen molar-refractivity contribution < 1.29 is 0 Å². The highest BCUT2D eigenvalue weighted by molar-refractivity contribution is 6.31. The first-order valence-electron chi connectivity index (χ1n) is 5.71. The number of hydrogen-bond acceptors (Lipinski definition) is 0. The van der Waals surface area contributed by atoms with Crippen LogP contribution in [0.15, 0.2) is 42.5 Å². The van der Waals surface area contributed by atoms with Gasteiger partial charge in [0.15, 0.2) is 0 Å². The van der Waals surface area contributed by atoms with E-state index in [1.165, 1.54) is 5.56 Å². The Labute approximate surface area is 122 Å². The van der Waals surface area contributed by atoms with Crippen molar-refractivity contribution in [2.45, 2.75) is 18.7 Å². The Balaban J connectivity index is 2.19. The zero-order valence-electron chi connectivity index (χ0n) is 9.96. The van der Waals surface area contributed by atoms with E-state index in [-0.39, 0.29) is 5.38 Å². The van der Waals surface area contributed by atoms with Crippen molar-refractivity contribution in [3.63, 3.8) is 0 Å². The second-order valence-electron chi connectivity index (χ2n) is 4.25. The molecule has 0 spiro atoms. The normalized spacial score (nSPS) is 12.4. The SMILES string of the molecule is Cc1c(Cl)cccc1C(Cl)Cc1ccc(Cl)cc1. The summed E-state index contributed by atoms with van der Waals surface area (Å²) in [4.78, 5) is 0. The number of benzene rings is 2. The molecule has 2 aromatic rings. The van der Waals surface area contributed by atoms with Gasteiger partial charge < -0.3 is 0 Å². The van der Waals surface area contributed by atoms with Gasteiger partial charge in [0, 0.05) is 10.0 Å². The molecule has 0 saturated heterocycles. The van der Waals surface area contributed by atoms with E-state index in [0.717, 1.165) is 27.6 Å². The Morgan fingerprint density at radius 3 is 2.33 bits per heavy atom. The molecule has 94 valence electrons. The van der Waals surface area contributed by atoms with Gasteiger partial charge in [0.2, 0.25) is 0 Å². The van der Waals surface area contributed by atoms with E-state index in [9.17, 15) is 0 Å². The lowest BCUT2D eigenvalue weighted by molar-refractivity contribution is 0.910. The van der Waals surface area contributed by atoms with Crippen LogP contribution < -0.4 is 0 Å². The standard InChI is InChI=1S/C15H13Cl3/c1-10-13(3-2-4-14(10)17)15(18)9-11-5-7-12(16)8-6-11/h2-8,15H,9H2,1H3. The zero-order chi connectivity index (χ0) is 13.1. The van der Waals surface area contributed by atoms with Gasteiger partial charge in [-0.05, 0) is 48.2 Å². The van der Waals surface area contributed by atoms with E-state index in [1.54, 1.807) is 0 Å². The van der Waals surface area contributed by atoms with Crippen molar-refractivity contribution in [2.24, 2.45) is 0 Å². The van der Waals surface area contributed by atoms with Gasteiger partial charge in [-0.25, -0.2) is 0 Å². The third-order valence-electron chi connectivity index (χ3n) is 2.98. The molecule has 0 aliphatic heterocycles. The average molecular weight is 300 g/mol. The lowest BCUT2D eigenvalue weighted by Gasteiger charge is -2.14. The highest BCUT2D eigenvalue weighted by Gasteiger charge is 2.13. The molecule has 0 bridgehead atoms. The summed E-state index contributed by atoms with van der Waals surface area (Å²) >= 11 is 18.4. The molecular weight excluding hydrogens is 287 g/mol. The van der Waals surface area contributed by atoms with E-state index in [0.29, 0.717) is 0 Å². The lowest BCUT2D eigenvalue weighted by Crippen LogP contribution is -1.98. The Morgan fingerprint density at radius 2 is 1.67 bits per heavy atom. The largest absolute Gasteiger partial charge is 0.117 e. The van der Waals surface area contributed by atoms with Gasteiger partial charge in [0.25, 0.3) is 0 Å². The maximum Gasteiger partial charge on any atom is 0.0628 e. The fourth-order valence-corrected chi connectivity index (χ4v) is 2.62. The van der Waals surface area contributed by atoms with E-state index >= 15 is 0 Å². The second-order valence-corrected chi connectivity index (χ2v) is 5.62. The van der Waals surface area contributed by atoms with Crippen LogP contribution in [0.5, 0.6) is 0 Å². The summed E-state index contributed by atoms with van der Waals surface area (Å²) in [7, 11) is 0. The molecule has 3 heteroatoms. The topological polar surface area (TPSA) is 0 Å². The van der Waals surface area contributed by atoms with Crippen molar-refractivity contribution in [2.75, 3.05) is 0 Å². The van der Waals surface area contributed by atoms with Crippen LogP contribution in [0.25, 0.3) is 0 Å². The third kappa shape index (κ3) is 3.20. The van der Waals surface area contributed by atoms with Gasteiger partial charge >= 0.3 is 0 Å². The van der Waals surface area contributed by atoms with Crippen LogP contribution in [0.1, 0.15) is 22.1 Å². The fourth-order valence-electron chi connectivity index (χ4n) is 1.90. The Morgan fingerprint density at radius 1 is 1.00 bits per heavy atom. The third-order valence-corrected chi connectivity index (χ3v) is 4.03. The highest BCUT2D eigenvalue weighted by Crippen LogP contribution is 2.31. The van der Waals surface area contributed by atoms with Gasteiger partial charge in [-0.1, -0.05) is 47.5 Å². The van der Waals surface area contributed by atoms with Crippen LogP contribution >= 0.6 is 34.8 Å². The molecule has 18 heavy (non-hydrogen) atoms. The minimum atomic E-state index is -0.0788. The van der Waals surface area contributed by atoms with E-state index in [2.05, 4.69) is 0 Å². The van der Waals surface area contributed by atoms with Gasteiger partial charge in [-0.2, -0.15) is 0 Å². The number of hydrogen-bond donors (Lipinski definition) is 0. The first-order chi connectivity index (χ1) is 8.58. The van der Waals surface area contributed by atoms with Crippen molar-refractivity contribution in [1.29, 1.82) is 0 Å². The van der Waals surface area contributed by atoms with Crippen molar-refractivity contribution in [3.8, 4) is 0 Å². The van der Waals surface area contributed by atoms with Crippen LogP contribution in [0, 0.1) is 6.92 Å². The molecule has 0 radical (unpaired) electrons. The molecule has 1 unspecified atom stereocenters. The van der Waals surface area contributed by atoms with E-state index in [4.69, 9.17) is 34.8 Å². The number of rotatable bonds is 3. The van der Waals surface area contributed by atoms with Crippen LogP contribution in [0.3, 0.4) is 0 Å². The van der Waals surface area contributed by atoms with Crippen molar-refractivity contribution in [1.82, 2.24) is 0 Å². The van der Waals surface area contributed by atoms with Gasteiger partial charge in [-0.3, -0.25) is 0 Å². The molecule has 0 saturated carbocycles.